The number of amides is 1. The molecule has 1 aliphatic heterocycles. The summed E-state index contributed by atoms with van der Waals surface area (Å²) >= 11 is 0. The van der Waals surface area contributed by atoms with Gasteiger partial charge in [0.15, 0.2) is 11.6 Å². The van der Waals surface area contributed by atoms with Crippen molar-refractivity contribution < 1.29 is 22.8 Å². The van der Waals surface area contributed by atoms with Crippen LogP contribution >= 0.6 is 0 Å². The lowest BCUT2D eigenvalue weighted by Gasteiger charge is -2.38. The number of carbonyl (C=O) groups excluding carboxylic acids is 2. The van der Waals surface area contributed by atoms with Gasteiger partial charge in [0, 0.05) is 18.3 Å². The Morgan fingerprint density at radius 3 is 2.35 bits per heavy atom. The van der Waals surface area contributed by atoms with Gasteiger partial charge in [-0.25, -0.2) is 0 Å². The van der Waals surface area contributed by atoms with Gasteiger partial charge in [-0.1, -0.05) is 30.3 Å². The van der Waals surface area contributed by atoms with E-state index in [4.69, 9.17) is 5.73 Å². The molecule has 0 spiro atoms. The molecule has 8 nitrogen and oxygen atoms in total. The minimum atomic E-state index is -4.52. The lowest BCUT2D eigenvalue weighted by atomic mass is 9.75. The molecule has 0 bridgehead atoms. The Morgan fingerprint density at radius 2 is 1.78 bits per heavy atom. The van der Waals surface area contributed by atoms with E-state index in [1.165, 1.54) is 23.0 Å². The highest BCUT2D eigenvalue weighted by Gasteiger charge is 2.46. The Morgan fingerprint density at radius 1 is 1.14 bits per heavy atom. The van der Waals surface area contributed by atoms with E-state index in [1.807, 2.05) is 12.1 Å². The third-order valence-corrected chi connectivity index (χ3v) is 6.60. The number of nitrogens with zero attached hydrogens (tertiary/aromatic N) is 3. The van der Waals surface area contributed by atoms with Crippen LogP contribution in [0.15, 0.2) is 60.8 Å². The number of aromatic nitrogens is 2. The third-order valence-electron chi connectivity index (χ3n) is 6.60. The maximum absolute atomic E-state index is 14.1. The second-order valence-corrected chi connectivity index (χ2v) is 8.87. The Balaban J connectivity index is 1.76. The molecule has 1 aromatic heterocycles. The number of ketones is 1. The molecule has 1 atom stereocenters. The monoisotopic (exact) mass is 510 g/mol. The van der Waals surface area contributed by atoms with Crippen molar-refractivity contribution in [3.05, 3.63) is 77.5 Å². The highest BCUT2D eigenvalue weighted by atomic mass is 19.4. The zero-order valence-electron chi connectivity index (χ0n) is 19.8. The summed E-state index contributed by atoms with van der Waals surface area (Å²) in [5, 5.41) is 20.3. The lowest BCUT2D eigenvalue weighted by Crippen LogP contribution is -2.51. The SMILES string of the molecule is N#CCC(C(=O)C1(n2cc(C(N)=O)c(Nc3ccccc3)n2)CCNCC1)c1ccc(C(F)(F)F)cc1. The van der Waals surface area contributed by atoms with Crippen molar-refractivity contribution in [1.82, 2.24) is 15.1 Å². The summed E-state index contributed by atoms with van der Waals surface area (Å²) in [4.78, 5) is 26.4. The molecule has 2 aromatic carbocycles. The van der Waals surface area contributed by atoms with Gasteiger partial charge in [0.05, 0.1) is 17.6 Å². The number of halogens is 3. The molecular weight excluding hydrogens is 485 g/mol. The molecule has 1 aliphatic rings. The third kappa shape index (κ3) is 5.34. The van der Waals surface area contributed by atoms with Gasteiger partial charge in [-0.2, -0.15) is 23.5 Å². The van der Waals surface area contributed by atoms with Gasteiger partial charge in [0.1, 0.15) is 11.1 Å². The minimum Gasteiger partial charge on any atom is -0.365 e. The number of anilines is 2. The van der Waals surface area contributed by atoms with Gasteiger partial charge in [0.25, 0.3) is 5.91 Å². The van der Waals surface area contributed by atoms with Crippen LogP contribution in [0.1, 0.15) is 46.7 Å². The van der Waals surface area contributed by atoms with Gasteiger partial charge < -0.3 is 16.4 Å². The summed E-state index contributed by atoms with van der Waals surface area (Å²) in [5.41, 5.74) is 4.58. The Labute approximate surface area is 211 Å². The summed E-state index contributed by atoms with van der Waals surface area (Å²) in [6.07, 6.45) is -2.71. The number of piperidine rings is 1. The summed E-state index contributed by atoms with van der Waals surface area (Å²) in [6.45, 7) is 0.927. The highest BCUT2D eigenvalue weighted by Crippen LogP contribution is 2.38. The fourth-order valence-electron chi connectivity index (χ4n) is 4.63. The second-order valence-electron chi connectivity index (χ2n) is 8.87. The number of hydrogen-bond acceptors (Lipinski definition) is 6. The number of rotatable bonds is 8. The van der Waals surface area contributed by atoms with E-state index >= 15 is 0 Å². The molecule has 1 amide bonds. The van der Waals surface area contributed by atoms with Crippen LogP contribution in [0.4, 0.5) is 24.7 Å². The van der Waals surface area contributed by atoms with Crippen LogP contribution in [0.2, 0.25) is 0 Å². The van der Waals surface area contributed by atoms with Crippen LogP contribution in [-0.4, -0.2) is 34.6 Å². The molecule has 0 aliphatic carbocycles. The molecule has 1 fully saturated rings. The summed E-state index contributed by atoms with van der Waals surface area (Å²) in [6, 6.07) is 15.3. The van der Waals surface area contributed by atoms with Crippen molar-refractivity contribution in [2.75, 3.05) is 18.4 Å². The van der Waals surface area contributed by atoms with Gasteiger partial charge in [-0.05, 0) is 55.8 Å². The van der Waals surface area contributed by atoms with Gasteiger partial charge >= 0.3 is 6.18 Å². The number of nitriles is 1. The number of hydrogen-bond donors (Lipinski definition) is 3. The van der Waals surface area contributed by atoms with Crippen LogP contribution < -0.4 is 16.4 Å². The maximum Gasteiger partial charge on any atom is 0.416 e. The first-order chi connectivity index (χ1) is 17.7. The van der Waals surface area contributed by atoms with E-state index in [0.29, 0.717) is 37.2 Å². The molecule has 37 heavy (non-hydrogen) atoms. The molecule has 11 heteroatoms. The molecule has 4 rings (SSSR count). The number of nitrogens with two attached hydrogens (primary N) is 1. The number of benzene rings is 2. The van der Waals surface area contributed by atoms with Crippen molar-refractivity contribution in [1.29, 1.82) is 5.26 Å². The van der Waals surface area contributed by atoms with Gasteiger partial charge in [-0.3, -0.25) is 14.3 Å². The van der Waals surface area contributed by atoms with Crippen LogP contribution in [0.5, 0.6) is 0 Å². The van der Waals surface area contributed by atoms with E-state index in [1.54, 1.807) is 24.3 Å². The molecule has 3 aromatic rings. The number of alkyl halides is 3. The van der Waals surface area contributed by atoms with Crippen molar-refractivity contribution in [2.45, 2.75) is 36.9 Å². The molecule has 0 saturated carbocycles. The molecule has 4 N–H and O–H groups in total. The van der Waals surface area contributed by atoms with Crippen molar-refractivity contribution in [3.8, 4) is 6.07 Å². The summed E-state index contributed by atoms with van der Waals surface area (Å²) < 4.78 is 40.7. The number of nitrogens with one attached hydrogen (secondary N) is 2. The molecule has 2 heterocycles. The summed E-state index contributed by atoms with van der Waals surface area (Å²) in [5.74, 6) is -1.91. The quantitative estimate of drug-likeness (QED) is 0.419. The standard InChI is InChI=1S/C26H25F3N6O2/c27-26(28,29)18-8-6-17(7-9-18)20(10-13-30)22(36)25(11-14-32-15-12-25)35-16-21(23(31)37)24(34-35)33-19-4-2-1-3-5-19/h1-9,16,20,32H,10-12,14-15H2,(H2,31,37)(H,33,34). The maximum atomic E-state index is 14.1. The van der Waals surface area contributed by atoms with Crippen molar-refractivity contribution in [2.24, 2.45) is 5.73 Å². The fourth-order valence-corrected chi connectivity index (χ4v) is 4.63. The van der Waals surface area contributed by atoms with Crippen molar-refractivity contribution in [3.63, 3.8) is 0 Å². The van der Waals surface area contributed by atoms with Crippen LogP contribution in [0, 0.1) is 11.3 Å². The lowest BCUT2D eigenvalue weighted by molar-refractivity contribution is -0.137. The van der Waals surface area contributed by atoms with Crippen molar-refractivity contribution >= 4 is 23.2 Å². The second kappa shape index (κ2) is 10.4. The first kappa shape index (κ1) is 25.9. The predicted molar refractivity (Wildman–Crippen MR) is 130 cm³/mol. The molecular formula is C26H25F3N6O2. The van der Waals surface area contributed by atoms with E-state index < -0.39 is 29.1 Å². The molecule has 0 radical (unpaired) electrons. The molecule has 1 saturated heterocycles. The number of para-hydroxylation sites is 1. The van der Waals surface area contributed by atoms with Crippen LogP contribution in [0.25, 0.3) is 0 Å². The average Bonchev–Trinajstić information content (AvgIpc) is 3.32. The average molecular weight is 511 g/mol. The van der Waals surface area contributed by atoms with E-state index in [9.17, 15) is 28.0 Å². The Kier molecular flexibility index (Phi) is 7.31. The summed E-state index contributed by atoms with van der Waals surface area (Å²) in [7, 11) is 0. The Bertz CT molecular complexity index is 1310. The first-order valence-corrected chi connectivity index (χ1v) is 11.7. The topological polar surface area (TPSA) is 126 Å². The predicted octanol–water partition coefficient (Wildman–Crippen LogP) is 4.09. The number of Topliss-reactive ketones (excluding diaryl/α,β-unsaturated/α-hetero) is 1. The van der Waals surface area contributed by atoms with E-state index in [0.717, 1.165) is 12.1 Å². The first-order valence-electron chi connectivity index (χ1n) is 11.7. The minimum absolute atomic E-state index is 0.0842. The largest absolute Gasteiger partial charge is 0.416 e. The van der Waals surface area contributed by atoms with E-state index in [2.05, 4.69) is 15.7 Å². The Hall–Kier alpha value is -4.17. The van der Waals surface area contributed by atoms with Crippen LogP contribution in [-0.2, 0) is 16.5 Å². The smallest absolute Gasteiger partial charge is 0.365 e. The highest BCUT2D eigenvalue weighted by molar-refractivity contribution is 5.99. The number of primary amides is 1. The molecule has 192 valence electrons. The van der Waals surface area contributed by atoms with Gasteiger partial charge in [-0.15, -0.1) is 0 Å². The zero-order chi connectivity index (χ0) is 26.6. The van der Waals surface area contributed by atoms with Crippen LogP contribution in [0.3, 0.4) is 0 Å². The zero-order valence-corrected chi connectivity index (χ0v) is 19.8. The van der Waals surface area contributed by atoms with E-state index in [-0.39, 0.29) is 23.6 Å². The number of carbonyl (C=O) groups is 2. The normalized spacial score (nSPS) is 15.9. The van der Waals surface area contributed by atoms with Gasteiger partial charge in [0.2, 0.25) is 0 Å². The fraction of sp³-hybridized carbons (Fsp3) is 0.308. The molecule has 1 unspecified atom stereocenters.